The van der Waals surface area contributed by atoms with Gasteiger partial charge in [0.15, 0.2) is 0 Å². The molecule has 1 aromatic carbocycles. The van der Waals surface area contributed by atoms with Crippen molar-refractivity contribution in [1.82, 2.24) is 0 Å². The van der Waals surface area contributed by atoms with Crippen molar-refractivity contribution in [3.63, 3.8) is 0 Å². The largest absolute Gasteiger partial charge is 0.320 e. The number of anilines is 1. The van der Waals surface area contributed by atoms with E-state index >= 15 is 0 Å². The van der Waals surface area contributed by atoms with Crippen LogP contribution >= 0.6 is 0 Å². The van der Waals surface area contributed by atoms with Crippen LogP contribution in [-0.4, -0.2) is 16.9 Å². The summed E-state index contributed by atoms with van der Waals surface area (Å²) in [7, 11) is 0. The second kappa shape index (κ2) is 5.87. The van der Waals surface area contributed by atoms with Crippen molar-refractivity contribution in [2.45, 2.75) is 12.5 Å². The summed E-state index contributed by atoms with van der Waals surface area (Å²) >= 11 is 0. The maximum absolute atomic E-state index is 12.9. The fourth-order valence-corrected chi connectivity index (χ4v) is 1.27. The highest BCUT2D eigenvalue weighted by Gasteiger charge is 2.19. The molecular formula is C11H12FN3O3. The Bertz CT molecular complexity index is 490. The number of hydrogen-bond donors (Lipinski definition) is 2. The Hall–Kier alpha value is -2.28. The molecule has 1 atom stereocenters. The third-order valence-corrected chi connectivity index (χ3v) is 2.17. The van der Waals surface area contributed by atoms with Crippen molar-refractivity contribution >= 4 is 17.3 Å². The summed E-state index contributed by atoms with van der Waals surface area (Å²) in [5.41, 5.74) is 4.89. The van der Waals surface area contributed by atoms with Crippen molar-refractivity contribution in [3.05, 3.63) is 46.8 Å². The van der Waals surface area contributed by atoms with Crippen molar-refractivity contribution in [2.24, 2.45) is 5.73 Å². The molecule has 0 bridgehead atoms. The van der Waals surface area contributed by atoms with Gasteiger partial charge in [0.2, 0.25) is 5.91 Å². The Morgan fingerprint density at radius 2 is 2.33 bits per heavy atom. The average Bonchev–Trinajstić information content (AvgIpc) is 2.31. The molecule has 1 unspecified atom stereocenters. The lowest BCUT2D eigenvalue weighted by molar-refractivity contribution is -0.384. The fraction of sp³-hybridized carbons (Fsp3) is 0.182. The minimum atomic E-state index is -0.854. The molecule has 0 saturated heterocycles. The number of benzene rings is 1. The van der Waals surface area contributed by atoms with Crippen molar-refractivity contribution in [2.75, 3.05) is 5.32 Å². The molecule has 0 fully saturated rings. The molecular weight excluding hydrogens is 241 g/mol. The summed E-state index contributed by atoms with van der Waals surface area (Å²) < 4.78 is 12.9. The molecule has 18 heavy (non-hydrogen) atoms. The quantitative estimate of drug-likeness (QED) is 0.472. The van der Waals surface area contributed by atoms with E-state index < -0.39 is 28.4 Å². The van der Waals surface area contributed by atoms with Gasteiger partial charge in [-0.2, -0.15) is 0 Å². The van der Waals surface area contributed by atoms with E-state index in [1.165, 1.54) is 6.08 Å². The third kappa shape index (κ3) is 3.36. The number of nitro groups is 1. The zero-order valence-electron chi connectivity index (χ0n) is 9.43. The molecule has 1 amide bonds. The summed E-state index contributed by atoms with van der Waals surface area (Å²) in [5, 5.41) is 13.0. The lowest BCUT2D eigenvalue weighted by Crippen LogP contribution is -2.35. The Morgan fingerprint density at radius 3 is 2.89 bits per heavy atom. The van der Waals surface area contributed by atoms with Crippen LogP contribution in [0.2, 0.25) is 0 Å². The van der Waals surface area contributed by atoms with E-state index in [-0.39, 0.29) is 12.1 Å². The topological polar surface area (TPSA) is 98.3 Å². The molecule has 1 rings (SSSR count). The summed E-state index contributed by atoms with van der Waals surface area (Å²) in [6.07, 6.45) is 1.70. The number of carbonyl (C=O) groups excluding carboxylic acids is 1. The number of nitrogens with zero attached hydrogens (tertiary/aromatic N) is 1. The summed E-state index contributed by atoms with van der Waals surface area (Å²) in [4.78, 5) is 21.5. The predicted octanol–water partition coefficient (Wildman–Crippen LogP) is 1.58. The molecule has 0 aliphatic heterocycles. The minimum Gasteiger partial charge on any atom is -0.320 e. The van der Waals surface area contributed by atoms with Gasteiger partial charge in [-0.05, 0) is 18.6 Å². The van der Waals surface area contributed by atoms with Crippen molar-refractivity contribution in [3.8, 4) is 0 Å². The molecule has 0 radical (unpaired) electrons. The van der Waals surface area contributed by atoms with Crippen molar-refractivity contribution in [1.29, 1.82) is 0 Å². The van der Waals surface area contributed by atoms with Crippen molar-refractivity contribution < 1.29 is 14.1 Å². The van der Waals surface area contributed by atoms with Gasteiger partial charge in [-0.15, -0.1) is 6.58 Å². The summed E-state index contributed by atoms with van der Waals surface area (Å²) in [6, 6.07) is 2.01. The van der Waals surface area contributed by atoms with Crippen LogP contribution in [0.5, 0.6) is 0 Å². The molecule has 0 aliphatic carbocycles. The van der Waals surface area contributed by atoms with Gasteiger partial charge in [0, 0.05) is 0 Å². The highest BCUT2D eigenvalue weighted by atomic mass is 19.1. The first-order valence-corrected chi connectivity index (χ1v) is 5.07. The average molecular weight is 253 g/mol. The van der Waals surface area contributed by atoms with E-state index in [0.717, 1.165) is 18.2 Å². The Morgan fingerprint density at radius 1 is 1.67 bits per heavy atom. The maximum atomic E-state index is 12.9. The van der Waals surface area contributed by atoms with Crippen LogP contribution in [0.15, 0.2) is 30.9 Å². The molecule has 0 aliphatic rings. The van der Waals surface area contributed by atoms with Gasteiger partial charge in [0.25, 0.3) is 5.69 Å². The Balaban J connectivity index is 2.93. The molecule has 0 aromatic heterocycles. The van der Waals surface area contributed by atoms with E-state index in [0.29, 0.717) is 0 Å². The fourth-order valence-electron chi connectivity index (χ4n) is 1.27. The first kappa shape index (κ1) is 13.8. The zero-order chi connectivity index (χ0) is 13.7. The van der Waals surface area contributed by atoms with Gasteiger partial charge in [0.1, 0.15) is 11.5 Å². The Kier molecular flexibility index (Phi) is 4.50. The normalized spacial score (nSPS) is 11.7. The first-order valence-electron chi connectivity index (χ1n) is 5.07. The highest BCUT2D eigenvalue weighted by Crippen LogP contribution is 2.25. The van der Waals surface area contributed by atoms with Crippen LogP contribution < -0.4 is 11.1 Å². The van der Waals surface area contributed by atoms with Crippen LogP contribution in [0.4, 0.5) is 15.8 Å². The van der Waals surface area contributed by atoms with E-state index in [2.05, 4.69) is 11.9 Å². The van der Waals surface area contributed by atoms with Gasteiger partial charge < -0.3 is 11.1 Å². The third-order valence-electron chi connectivity index (χ3n) is 2.17. The summed E-state index contributed by atoms with van der Waals surface area (Å²) in [5.74, 6) is -1.35. The second-order valence-electron chi connectivity index (χ2n) is 3.54. The van der Waals surface area contributed by atoms with Crippen LogP contribution in [0.1, 0.15) is 6.42 Å². The van der Waals surface area contributed by atoms with Gasteiger partial charge >= 0.3 is 0 Å². The number of nitrogens with one attached hydrogen (secondary N) is 1. The monoisotopic (exact) mass is 253 g/mol. The molecule has 96 valence electrons. The van der Waals surface area contributed by atoms with Crippen LogP contribution in [-0.2, 0) is 4.79 Å². The molecule has 6 nitrogen and oxygen atoms in total. The van der Waals surface area contributed by atoms with Crippen LogP contribution in [0, 0.1) is 15.9 Å². The number of nitrogens with two attached hydrogens (primary N) is 1. The second-order valence-corrected chi connectivity index (χ2v) is 3.54. The van der Waals surface area contributed by atoms with Crippen LogP contribution in [0.25, 0.3) is 0 Å². The van der Waals surface area contributed by atoms with E-state index in [1.807, 2.05) is 0 Å². The lowest BCUT2D eigenvalue weighted by atomic mass is 10.2. The zero-order valence-corrected chi connectivity index (χ0v) is 9.43. The molecule has 0 heterocycles. The highest BCUT2D eigenvalue weighted by molar-refractivity contribution is 5.96. The van der Waals surface area contributed by atoms with Gasteiger partial charge in [-0.25, -0.2) is 4.39 Å². The minimum absolute atomic E-state index is 0.0917. The molecule has 0 saturated carbocycles. The number of nitro benzene ring substituents is 1. The standard InChI is InChI=1S/C11H12FN3O3/c1-2-3-8(13)11(16)14-9-5-4-7(12)6-10(9)15(17)18/h2,4-6,8H,1,3,13H2,(H,14,16). The first-order chi connectivity index (χ1) is 8.45. The SMILES string of the molecule is C=CCC(N)C(=O)Nc1ccc(F)cc1[N+](=O)[O-]. The van der Waals surface area contributed by atoms with Gasteiger partial charge in [-0.1, -0.05) is 6.08 Å². The summed E-state index contributed by atoms with van der Waals surface area (Å²) in [6.45, 7) is 3.43. The molecule has 7 heteroatoms. The number of carbonyl (C=O) groups is 1. The van der Waals surface area contributed by atoms with Gasteiger partial charge in [0.05, 0.1) is 17.0 Å². The molecule has 0 spiro atoms. The number of rotatable bonds is 5. The smallest absolute Gasteiger partial charge is 0.295 e. The molecule has 3 N–H and O–H groups in total. The van der Waals surface area contributed by atoms with E-state index in [9.17, 15) is 19.3 Å². The number of halogens is 1. The molecule has 1 aromatic rings. The predicted molar refractivity (Wildman–Crippen MR) is 64.5 cm³/mol. The number of amides is 1. The number of hydrogen-bond acceptors (Lipinski definition) is 4. The lowest BCUT2D eigenvalue weighted by Gasteiger charge is -2.10. The van der Waals surface area contributed by atoms with E-state index in [4.69, 9.17) is 5.73 Å². The van der Waals surface area contributed by atoms with E-state index in [1.54, 1.807) is 0 Å². The van der Waals surface area contributed by atoms with Crippen LogP contribution in [0.3, 0.4) is 0 Å². The Labute approximate surface area is 102 Å². The maximum Gasteiger partial charge on any atom is 0.295 e. The van der Waals surface area contributed by atoms with Gasteiger partial charge in [-0.3, -0.25) is 14.9 Å².